The van der Waals surface area contributed by atoms with Crippen molar-refractivity contribution in [1.29, 1.82) is 0 Å². The smallest absolute Gasteiger partial charge is 0.326 e. The molecule has 12 heteroatoms. The highest BCUT2D eigenvalue weighted by Crippen LogP contribution is 2.08. The van der Waals surface area contributed by atoms with Crippen molar-refractivity contribution in [2.24, 2.45) is 11.5 Å². The summed E-state index contributed by atoms with van der Waals surface area (Å²) in [5, 5.41) is 26.9. The fraction of sp³-hybridized carbons (Fsp3) is 0.583. The van der Waals surface area contributed by atoms with Crippen molar-refractivity contribution in [1.82, 2.24) is 16.0 Å². The van der Waals surface area contributed by atoms with Crippen LogP contribution >= 0.6 is 11.8 Å². The lowest BCUT2D eigenvalue weighted by Gasteiger charge is -2.26. The molecule has 5 unspecified atom stereocenters. The van der Waals surface area contributed by atoms with Gasteiger partial charge in [-0.3, -0.25) is 14.4 Å². The van der Waals surface area contributed by atoms with Gasteiger partial charge in [0.05, 0.1) is 6.10 Å². The molecular formula is C24H39N5O6S. The molecule has 1 rings (SSSR count). The van der Waals surface area contributed by atoms with Crippen molar-refractivity contribution < 1.29 is 29.4 Å². The number of carbonyl (C=O) groups is 4. The molecule has 0 aliphatic carbocycles. The second-order valence-electron chi connectivity index (χ2n) is 8.54. The van der Waals surface area contributed by atoms with Gasteiger partial charge in [0.25, 0.3) is 0 Å². The Morgan fingerprint density at radius 2 is 1.50 bits per heavy atom. The zero-order valence-corrected chi connectivity index (χ0v) is 21.6. The molecule has 0 radical (unpaired) electrons. The minimum absolute atomic E-state index is 0.119. The first-order chi connectivity index (χ1) is 17.1. The van der Waals surface area contributed by atoms with E-state index in [0.29, 0.717) is 25.1 Å². The molecule has 0 spiro atoms. The van der Waals surface area contributed by atoms with E-state index in [1.165, 1.54) is 18.7 Å². The van der Waals surface area contributed by atoms with Crippen molar-refractivity contribution in [3.8, 4) is 0 Å². The molecule has 36 heavy (non-hydrogen) atoms. The van der Waals surface area contributed by atoms with Crippen LogP contribution in [0, 0.1) is 0 Å². The Morgan fingerprint density at radius 1 is 0.917 bits per heavy atom. The summed E-state index contributed by atoms with van der Waals surface area (Å²) in [7, 11) is 0. The first-order valence-electron chi connectivity index (χ1n) is 11.9. The second kappa shape index (κ2) is 16.9. The highest BCUT2D eigenvalue weighted by Gasteiger charge is 2.31. The van der Waals surface area contributed by atoms with Crippen LogP contribution in [0.2, 0.25) is 0 Å². The number of carbonyl (C=O) groups excluding carboxylic acids is 3. The van der Waals surface area contributed by atoms with Gasteiger partial charge in [-0.15, -0.1) is 0 Å². The zero-order valence-electron chi connectivity index (χ0n) is 20.8. The number of aliphatic hydroxyl groups excluding tert-OH is 1. The Balaban J connectivity index is 3.08. The van der Waals surface area contributed by atoms with Gasteiger partial charge in [-0.25, -0.2) is 4.79 Å². The molecule has 0 saturated carbocycles. The number of amides is 3. The van der Waals surface area contributed by atoms with E-state index in [0.717, 1.165) is 5.56 Å². The monoisotopic (exact) mass is 525 g/mol. The quantitative estimate of drug-likeness (QED) is 0.129. The highest BCUT2D eigenvalue weighted by molar-refractivity contribution is 7.98. The standard InChI is InChI=1S/C24H39N5O6S/c1-15(30)20(26)23(33)29-19(14-16-8-4-3-5-9-16)22(32)27-17(10-6-7-12-25)21(31)28-18(24(34)35)11-13-36-2/h3-5,8-9,15,17-20,30H,6-7,10-14,25-26H2,1-2H3,(H,27,32)(H,28,31)(H,29,33)(H,34,35). The molecule has 0 saturated heterocycles. The minimum atomic E-state index is -1.24. The van der Waals surface area contributed by atoms with Crippen LogP contribution in [-0.4, -0.2) is 82.7 Å². The lowest BCUT2D eigenvalue weighted by molar-refractivity contribution is -0.142. The Bertz CT molecular complexity index is 842. The third-order valence-electron chi connectivity index (χ3n) is 5.54. The number of thioether (sulfide) groups is 1. The average Bonchev–Trinajstić information content (AvgIpc) is 2.85. The average molecular weight is 526 g/mol. The van der Waals surface area contributed by atoms with E-state index in [1.807, 2.05) is 12.3 Å². The third-order valence-corrected chi connectivity index (χ3v) is 6.19. The SMILES string of the molecule is CSCCC(NC(=O)C(CCCCN)NC(=O)C(Cc1ccccc1)NC(=O)C(N)C(C)O)C(=O)O. The lowest BCUT2D eigenvalue weighted by Crippen LogP contribution is -2.58. The summed E-state index contributed by atoms with van der Waals surface area (Å²) in [6, 6.07) is 4.52. The Morgan fingerprint density at radius 3 is 2.06 bits per heavy atom. The summed E-state index contributed by atoms with van der Waals surface area (Å²) < 4.78 is 0. The molecule has 11 nitrogen and oxygen atoms in total. The number of aliphatic carboxylic acids is 1. The molecule has 0 aromatic heterocycles. The maximum Gasteiger partial charge on any atom is 0.326 e. The van der Waals surface area contributed by atoms with Crippen LogP contribution in [0.3, 0.4) is 0 Å². The Kier molecular flexibility index (Phi) is 14.7. The fourth-order valence-electron chi connectivity index (χ4n) is 3.35. The summed E-state index contributed by atoms with van der Waals surface area (Å²) in [5.74, 6) is -2.59. The number of carboxylic acid groups (broad SMARTS) is 1. The largest absolute Gasteiger partial charge is 0.480 e. The van der Waals surface area contributed by atoms with E-state index in [2.05, 4.69) is 16.0 Å². The summed E-state index contributed by atoms with van der Waals surface area (Å²) >= 11 is 1.46. The summed E-state index contributed by atoms with van der Waals surface area (Å²) in [6.07, 6.45) is 2.43. The van der Waals surface area contributed by atoms with E-state index in [-0.39, 0.29) is 19.3 Å². The molecule has 0 fully saturated rings. The molecular weight excluding hydrogens is 486 g/mol. The van der Waals surface area contributed by atoms with Crippen LogP contribution in [0.15, 0.2) is 30.3 Å². The second-order valence-corrected chi connectivity index (χ2v) is 9.53. The number of aliphatic hydroxyl groups is 1. The fourth-order valence-corrected chi connectivity index (χ4v) is 3.82. The number of rotatable bonds is 17. The van der Waals surface area contributed by atoms with E-state index in [4.69, 9.17) is 11.5 Å². The summed E-state index contributed by atoms with van der Waals surface area (Å²) in [5.41, 5.74) is 12.0. The van der Waals surface area contributed by atoms with Gasteiger partial charge >= 0.3 is 5.97 Å². The first kappa shape index (κ1) is 31.4. The summed E-state index contributed by atoms with van der Waals surface area (Å²) in [4.78, 5) is 50.3. The van der Waals surface area contributed by atoms with Crippen LogP contribution < -0.4 is 27.4 Å². The van der Waals surface area contributed by atoms with Crippen LogP contribution in [-0.2, 0) is 25.6 Å². The van der Waals surface area contributed by atoms with E-state index >= 15 is 0 Å². The Hall–Kier alpha value is -2.67. The van der Waals surface area contributed by atoms with Crippen molar-refractivity contribution in [2.45, 2.75) is 69.3 Å². The predicted molar refractivity (Wildman–Crippen MR) is 139 cm³/mol. The van der Waals surface area contributed by atoms with Crippen molar-refractivity contribution in [3.63, 3.8) is 0 Å². The normalized spacial score (nSPS) is 15.1. The van der Waals surface area contributed by atoms with Gasteiger partial charge in [-0.2, -0.15) is 11.8 Å². The molecule has 0 aliphatic heterocycles. The predicted octanol–water partition coefficient (Wildman–Crippen LogP) is -0.642. The zero-order chi connectivity index (χ0) is 27.1. The van der Waals surface area contributed by atoms with Gasteiger partial charge in [0.15, 0.2) is 0 Å². The van der Waals surface area contributed by atoms with E-state index in [1.54, 1.807) is 24.3 Å². The third kappa shape index (κ3) is 11.4. The lowest BCUT2D eigenvalue weighted by atomic mass is 10.0. The van der Waals surface area contributed by atoms with Crippen LogP contribution in [0.1, 0.15) is 38.2 Å². The van der Waals surface area contributed by atoms with E-state index < -0.39 is 54.0 Å². The highest BCUT2D eigenvalue weighted by atomic mass is 32.2. The molecule has 202 valence electrons. The van der Waals surface area contributed by atoms with Gasteiger partial charge in [0.2, 0.25) is 17.7 Å². The molecule has 1 aromatic rings. The van der Waals surface area contributed by atoms with Crippen LogP contribution in [0.4, 0.5) is 0 Å². The molecule has 0 bridgehead atoms. The maximum atomic E-state index is 13.3. The van der Waals surface area contributed by atoms with Crippen molar-refractivity contribution in [3.05, 3.63) is 35.9 Å². The molecule has 1 aromatic carbocycles. The molecule has 0 heterocycles. The number of hydrogen-bond donors (Lipinski definition) is 7. The molecule has 3 amide bonds. The van der Waals surface area contributed by atoms with Crippen molar-refractivity contribution >= 4 is 35.5 Å². The van der Waals surface area contributed by atoms with Gasteiger partial charge in [-0.1, -0.05) is 30.3 Å². The minimum Gasteiger partial charge on any atom is -0.480 e. The Labute approximate surface area is 216 Å². The topological polar surface area (TPSA) is 197 Å². The van der Waals surface area contributed by atoms with Gasteiger partial charge in [-0.05, 0) is 56.7 Å². The van der Waals surface area contributed by atoms with Gasteiger partial charge in [0, 0.05) is 6.42 Å². The first-order valence-corrected chi connectivity index (χ1v) is 13.3. The van der Waals surface area contributed by atoms with Crippen LogP contribution in [0.25, 0.3) is 0 Å². The van der Waals surface area contributed by atoms with Crippen molar-refractivity contribution in [2.75, 3.05) is 18.6 Å². The number of nitrogens with one attached hydrogen (secondary N) is 3. The number of benzene rings is 1. The number of hydrogen-bond acceptors (Lipinski definition) is 8. The van der Waals surface area contributed by atoms with Crippen LogP contribution in [0.5, 0.6) is 0 Å². The van der Waals surface area contributed by atoms with Gasteiger partial charge in [0.1, 0.15) is 24.2 Å². The number of carboxylic acids is 1. The number of nitrogens with two attached hydrogens (primary N) is 2. The summed E-state index contributed by atoms with van der Waals surface area (Å²) in [6.45, 7) is 1.77. The molecule has 5 atom stereocenters. The number of unbranched alkanes of at least 4 members (excludes halogenated alkanes) is 1. The molecule has 0 aliphatic rings. The van der Waals surface area contributed by atoms with Gasteiger partial charge < -0.3 is 37.6 Å². The molecule has 9 N–H and O–H groups in total. The van der Waals surface area contributed by atoms with E-state index in [9.17, 15) is 29.4 Å². The maximum absolute atomic E-state index is 13.3.